The summed E-state index contributed by atoms with van der Waals surface area (Å²) in [5, 5.41) is 0. The first-order valence-electron chi connectivity index (χ1n) is 9.63. The molecule has 5 nitrogen and oxygen atoms in total. The number of hydrogen-bond donors (Lipinski definition) is 0. The molecule has 0 spiro atoms. The number of ether oxygens (including phenoxy) is 2. The Morgan fingerprint density at radius 2 is 1.72 bits per heavy atom. The van der Waals surface area contributed by atoms with Gasteiger partial charge in [-0.05, 0) is 69.5 Å². The molecule has 3 rings (SSSR count). The topological polar surface area (TPSA) is 42.0 Å². The molecule has 0 aliphatic carbocycles. The molecular formula is C20H30N2O3. The second kappa shape index (κ2) is 9.09. The molecule has 2 heterocycles. The second-order valence-corrected chi connectivity index (χ2v) is 6.99. The largest absolute Gasteiger partial charge is 0.494 e. The van der Waals surface area contributed by atoms with Crippen LogP contribution in [0.1, 0.15) is 39.0 Å². The van der Waals surface area contributed by atoms with E-state index in [1.54, 1.807) is 0 Å². The van der Waals surface area contributed by atoms with Crippen molar-refractivity contribution in [3.05, 3.63) is 24.3 Å². The van der Waals surface area contributed by atoms with Crippen LogP contribution in [0.5, 0.6) is 11.5 Å². The maximum absolute atomic E-state index is 12.5. The number of nitrogens with zero attached hydrogens (tertiary/aromatic N) is 2. The van der Waals surface area contributed by atoms with Crippen LogP contribution in [0, 0.1) is 0 Å². The van der Waals surface area contributed by atoms with Crippen LogP contribution in [-0.2, 0) is 4.79 Å². The molecule has 0 radical (unpaired) electrons. The summed E-state index contributed by atoms with van der Waals surface area (Å²) in [5.74, 6) is 1.64. The number of carbonyl (C=O) groups excluding carboxylic acids is 1. The summed E-state index contributed by atoms with van der Waals surface area (Å²) in [5.41, 5.74) is 0. The van der Waals surface area contributed by atoms with Gasteiger partial charge in [-0.2, -0.15) is 0 Å². The summed E-state index contributed by atoms with van der Waals surface area (Å²) in [6, 6.07) is 8.04. The van der Waals surface area contributed by atoms with Gasteiger partial charge in [-0.3, -0.25) is 9.69 Å². The van der Waals surface area contributed by atoms with Crippen molar-refractivity contribution in [3.63, 3.8) is 0 Å². The average molecular weight is 346 g/mol. The monoisotopic (exact) mass is 346 g/mol. The van der Waals surface area contributed by atoms with E-state index in [0.717, 1.165) is 31.7 Å². The summed E-state index contributed by atoms with van der Waals surface area (Å²) in [6.07, 6.45) is 5.89. The van der Waals surface area contributed by atoms with E-state index in [4.69, 9.17) is 9.47 Å². The highest BCUT2D eigenvalue weighted by molar-refractivity contribution is 5.78. The van der Waals surface area contributed by atoms with E-state index in [9.17, 15) is 4.79 Å². The standard InChI is InChI=1S/C20H30N2O3/c1-2-14-24-18-7-9-19(10-8-18)25-16-20(23)22-13-5-6-17(15-22)21-11-3-4-12-21/h7-10,17H,2-6,11-16H2,1H3. The minimum Gasteiger partial charge on any atom is -0.494 e. The van der Waals surface area contributed by atoms with Crippen LogP contribution >= 0.6 is 0 Å². The Balaban J connectivity index is 1.45. The molecule has 1 aromatic rings. The first-order chi connectivity index (χ1) is 12.3. The molecule has 0 aromatic heterocycles. The van der Waals surface area contributed by atoms with Crippen LogP contribution in [0.3, 0.4) is 0 Å². The maximum atomic E-state index is 12.5. The van der Waals surface area contributed by atoms with Crippen molar-refractivity contribution in [2.45, 2.75) is 45.1 Å². The van der Waals surface area contributed by atoms with Crippen LogP contribution in [0.15, 0.2) is 24.3 Å². The minimum atomic E-state index is 0.0928. The number of piperidine rings is 1. The van der Waals surface area contributed by atoms with Gasteiger partial charge in [0.1, 0.15) is 11.5 Å². The molecule has 5 heteroatoms. The number of likely N-dealkylation sites (tertiary alicyclic amines) is 2. The highest BCUT2D eigenvalue weighted by atomic mass is 16.5. The molecule has 2 aliphatic heterocycles. The van der Waals surface area contributed by atoms with E-state index < -0.39 is 0 Å². The lowest BCUT2D eigenvalue weighted by Gasteiger charge is -2.37. The van der Waals surface area contributed by atoms with Gasteiger partial charge in [0.2, 0.25) is 0 Å². The zero-order valence-corrected chi connectivity index (χ0v) is 15.3. The molecule has 138 valence electrons. The highest BCUT2D eigenvalue weighted by Gasteiger charge is 2.29. The number of hydrogen-bond acceptors (Lipinski definition) is 4. The van der Waals surface area contributed by atoms with Gasteiger partial charge in [-0.15, -0.1) is 0 Å². The van der Waals surface area contributed by atoms with Crippen molar-refractivity contribution in [1.29, 1.82) is 0 Å². The van der Waals surface area contributed by atoms with Crippen molar-refractivity contribution >= 4 is 5.91 Å². The van der Waals surface area contributed by atoms with Gasteiger partial charge in [-0.1, -0.05) is 6.92 Å². The number of carbonyl (C=O) groups is 1. The first kappa shape index (κ1) is 18.1. The maximum Gasteiger partial charge on any atom is 0.260 e. The molecule has 2 fully saturated rings. The zero-order valence-electron chi connectivity index (χ0n) is 15.3. The predicted molar refractivity (Wildman–Crippen MR) is 98.1 cm³/mol. The van der Waals surface area contributed by atoms with E-state index in [1.807, 2.05) is 29.2 Å². The van der Waals surface area contributed by atoms with Crippen LogP contribution in [0.25, 0.3) is 0 Å². The molecule has 0 bridgehead atoms. The molecule has 1 amide bonds. The fraction of sp³-hybridized carbons (Fsp3) is 0.650. The lowest BCUT2D eigenvalue weighted by molar-refractivity contribution is -0.135. The molecule has 2 saturated heterocycles. The third-order valence-electron chi connectivity index (χ3n) is 5.07. The van der Waals surface area contributed by atoms with Crippen LogP contribution < -0.4 is 9.47 Å². The summed E-state index contributed by atoms with van der Waals surface area (Å²) in [6.45, 7) is 7.00. The van der Waals surface area contributed by atoms with Crippen molar-refractivity contribution in [2.24, 2.45) is 0 Å². The van der Waals surface area contributed by atoms with Crippen molar-refractivity contribution in [1.82, 2.24) is 9.80 Å². The van der Waals surface area contributed by atoms with E-state index in [2.05, 4.69) is 11.8 Å². The third-order valence-corrected chi connectivity index (χ3v) is 5.07. The summed E-state index contributed by atoms with van der Waals surface area (Å²) < 4.78 is 11.2. The Bertz CT molecular complexity index is 540. The van der Waals surface area contributed by atoms with Crippen molar-refractivity contribution in [2.75, 3.05) is 39.4 Å². The third kappa shape index (κ3) is 5.11. The van der Waals surface area contributed by atoms with Gasteiger partial charge in [0.25, 0.3) is 5.91 Å². The van der Waals surface area contributed by atoms with E-state index in [-0.39, 0.29) is 12.5 Å². The lowest BCUT2D eigenvalue weighted by Crippen LogP contribution is -2.50. The first-order valence-corrected chi connectivity index (χ1v) is 9.63. The Kier molecular flexibility index (Phi) is 6.56. The molecule has 2 aliphatic rings. The predicted octanol–water partition coefficient (Wildman–Crippen LogP) is 2.94. The van der Waals surface area contributed by atoms with Gasteiger partial charge in [0, 0.05) is 19.1 Å². The van der Waals surface area contributed by atoms with E-state index >= 15 is 0 Å². The van der Waals surface area contributed by atoms with Crippen molar-refractivity contribution in [3.8, 4) is 11.5 Å². The highest BCUT2D eigenvalue weighted by Crippen LogP contribution is 2.21. The quantitative estimate of drug-likeness (QED) is 0.761. The number of benzene rings is 1. The van der Waals surface area contributed by atoms with Gasteiger partial charge in [0.15, 0.2) is 6.61 Å². The molecular weight excluding hydrogens is 316 g/mol. The van der Waals surface area contributed by atoms with Crippen LogP contribution in [0.4, 0.5) is 0 Å². The molecule has 0 N–H and O–H groups in total. The molecule has 25 heavy (non-hydrogen) atoms. The number of amides is 1. The van der Waals surface area contributed by atoms with Crippen LogP contribution in [0.2, 0.25) is 0 Å². The normalized spacial score (nSPS) is 21.3. The van der Waals surface area contributed by atoms with Crippen LogP contribution in [-0.4, -0.2) is 61.1 Å². The smallest absolute Gasteiger partial charge is 0.260 e. The van der Waals surface area contributed by atoms with Crippen molar-refractivity contribution < 1.29 is 14.3 Å². The lowest BCUT2D eigenvalue weighted by atomic mass is 10.0. The van der Waals surface area contributed by atoms with Gasteiger partial charge >= 0.3 is 0 Å². The van der Waals surface area contributed by atoms with E-state index in [1.165, 1.54) is 32.4 Å². The van der Waals surface area contributed by atoms with Gasteiger partial charge < -0.3 is 14.4 Å². The Morgan fingerprint density at radius 3 is 2.40 bits per heavy atom. The fourth-order valence-corrected chi connectivity index (χ4v) is 3.67. The summed E-state index contributed by atoms with van der Waals surface area (Å²) >= 11 is 0. The van der Waals surface area contributed by atoms with Gasteiger partial charge in [-0.25, -0.2) is 0 Å². The Hall–Kier alpha value is -1.75. The second-order valence-electron chi connectivity index (χ2n) is 6.99. The molecule has 1 aromatic carbocycles. The Morgan fingerprint density at radius 1 is 1.04 bits per heavy atom. The molecule has 1 atom stereocenters. The summed E-state index contributed by atoms with van der Waals surface area (Å²) in [7, 11) is 0. The Labute approximate surface area is 150 Å². The zero-order chi connectivity index (χ0) is 17.5. The minimum absolute atomic E-state index is 0.0928. The fourth-order valence-electron chi connectivity index (χ4n) is 3.67. The van der Waals surface area contributed by atoms with Gasteiger partial charge in [0.05, 0.1) is 6.61 Å². The SMILES string of the molecule is CCCOc1ccc(OCC(=O)N2CCCC(N3CCCC3)C2)cc1. The number of rotatable bonds is 7. The average Bonchev–Trinajstić information content (AvgIpc) is 3.20. The van der Waals surface area contributed by atoms with E-state index in [0.29, 0.717) is 18.4 Å². The molecule has 0 saturated carbocycles. The summed E-state index contributed by atoms with van der Waals surface area (Å²) in [4.78, 5) is 17.0. The molecule has 1 unspecified atom stereocenters.